The van der Waals surface area contributed by atoms with Crippen LogP contribution in [0.5, 0.6) is 0 Å². The summed E-state index contributed by atoms with van der Waals surface area (Å²) >= 11 is 0. The predicted octanol–water partition coefficient (Wildman–Crippen LogP) is 1.46. The minimum atomic E-state index is -0.395. The standard InChI is InChI=1S/C11H10N2O2/c1-9-7-13(8-12-9)15-11(14)10-5-3-2-4-6-10/h2-8H,1H3. The molecule has 4 nitrogen and oxygen atoms in total. The first-order chi connectivity index (χ1) is 7.25. The van der Waals surface area contributed by atoms with E-state index in [0.29, 0.717) is 5.56 Å². The molecular formula is C11H10N2O2. The van der Waals surface area contributed by atoms with Gasteiger partial charge in [0.25, 0.3) is 0 Å². The van der Waals surface area contributed by atoms with E-state index in [1.807, 2.05) is 13.0 Å². The van der Waals surface area contributed by atoms with Crippen molar-refractivity contribution in [2.24, 2.45) is 0 Å². The number of imidazole rings is 1. The number of hydrogen-bond donors (Lipinski definition) is 0. The van der Waals surface area contributed by atoms with Crippen LogP contribution in [-0.4, -0.2) is 15.7 Å². The van der Waals surface area contributed by atoms with Crippen molar-refractivity contribution in [2.45, 2.75) is 6.92 Å². The first-order valence-corrected chi connectivity index (χ1v) is 4.54. The van der Waals surface area contributed by atoms with Gasteiger partial charge in [-0.15, -0.1) is 0 Å². The largest absolute Gasteiger partial charge is 0.363 e. The molecule has 1 aromatic heterocycles. The second kappa shape index (κ2) is 3.96. The molecule has 0 N–H and O–H groups in total. The predicted molar refractivity (Wildman–Crippen MR) is 54.3 cm³/mol. The van der Waals surface area contributed by atoms with E-state index in [1.54, 1.807) is 30.5 Å². The number of aryl methyl sites for hydroxylation is 1. The van der Waals surface area contributed by atoms with Gasteiger partial charge in [-0.05, 0) is 19.1 Å². The summed E-state index contributed by atoms with van der Waals surface area (Å²) in [5, 5.41) is 0. The number of benzene rings is 1. The molecule has 1 aromatic carbocycles. The van der Waals surface area contributed by atoms with Gasteiger partial charge in [0.1, 0.15) is 6.33 Å². The van der Waals surface area contributed by atoms with Crippen molar-refractivity contribution in [3.63, 3.8) is 0 Å². The summed E-state index contributed by atoms with van der Waals surface area (Å²) in [6.45, 7) is 1.83. The SMILES string of the molecule is Cc1cn(OC(=O)c2ccccc2)cn1. The normalized spacial score (nSPS) is 9.93. The summed E-state index contributed by atoms with van der Waals surface area (Å²) in [6, 6.07) is 8.82. The van der Waals surface area contributed by atoms with Crippen LogP contribution in [-0.2, 0) is 0 Å². The fourth-order valence-corrected chi connectivity index (χ4v) is 1.17. The van der Waals surface area contributed by atoms with E-state index in [0.717, 1.165) is 5.69 Å². The number of aromatic nitrogens is 2. The number of carbonyl (C=O) groups is 1. The van der Waals surface area contributed by atoms with Gasteiger partial charge in [0.05, 0.1) is 17.5 Å². The second-order valence-corrected chi connectivity index (χ2v) is 3.12. The highest BCUT2D eigenvalue weighted by atomic mass is 16.7. The minimum Gasteiger partial charge on any atom is -0.330 e. The Morgan fingerprint density at radius 3 is 2.67 bits per heavy atom. The van der Waals surface area contributed by atoms with Crippen LogP contribution in [0.4, 0.5) is 0 Å². The van der Waals surface area contributed by atoms with Crippen LogP contribution >= 0.6 is 0 Å². The van der Waals surface area contributed by atoms with E-state index in [9.17, 15) is 4.79 Å². The molecule has 15 heavy (non-hydrogen) atoms. The molecule has 0 bridgehead atoms. The molecule has 4 heteroatoms. The smallest absolute Gasteiger partial charge is 0.330 e. The van der Waals surface area contributed by atoms with Gasteiger partial charge in [0.2, 0.25) is 0 Å². The average molecular weight is 202 g/mol. The first kappa shape index (κ1) is 9.45. The van der Waals surface area contributed by atoms with Gasteiger partial charge in [-0.25, -0.2) is 9.78 Å². The minimum absolute atomic E-state index is 0.395. The molecule has 0 aliphatic rings. The Morgan fingerprint density at radius 1 is 1.33 bits per heavy atom. The van der Waals surface area contributed by atoms with E-state index >= 15 is 0 Å². The molecule has 0 radical (unpaired) electrons. The molecule has 0 spiro atoms. The Kier molecular flexibility index (Phi) is 2.49. The third-order valence-electron chi connectivity index (χ3n) is 1.89. The Labute approximate surface area is 87.1 Å². The van der Waals surface area contributed by atoms with E-state index in [-0.39, 0.29) is 0 Å². The van der Waals surface area contributed by atoms with Gasteiger partial charge in [0, 0.05) is 0 Å². The van der Waals surface area contributed by atoms with Crippen molar-refractivity contribution in [2.75, 3.05) is 0 Å². The van der Waals surface area contributed by atoms with E-state index < -0.39 is 5.97 Å². The van der Waals surface area contributed by atoms with Gasteiger partial charge < -0.3 is 4.84 Å². The zero-order valence-electron chi connectivity index (χ0n) is 8.25. The molecule has 2 aromatic rings. The highest BCUT2D eigenvalue weighted by molar-refractivity contribution is 5.89. The molecule has 0 saturated heterocycles. The third kappa shape index (κ3) is 2.22. The van der Waals surface area contributed by atoms with Gasteiger partial charge in [-0.2, -0.15) is 4.73 Å². The third-order valence-corrected chi connectivity index (χ3v) is 1.89. The lowest BCUT2D eigenvalue weighted by atomic mass is 10.2. The van der Waals surface area contributed by atoms with Crippen molar-refractivity contribution >= 4 is 5.97 Å². The van der Waals surface area contributed by atoms with E-state index in [2.05, 4.69) is 4.98 Å². The van der Waals surface area contributed by atoms with Crippen LogP contribution in [0.3, 0.4) is 0 Å². The summed E-state index contributed by atoms with van der Waals surface area (Å²) in [5.41, 5.74) is 1.32. The topological polar surface area (TPSA) is 44.1 Å². The number of hydrogen-bond acceptors (Lipinski definition) is 3. The Hall–Kier alpha value is -2.10. The monoisotopic (exact) mass is 202 g/mol. The molecule has 1 heterocycles. The van der Waals surface area contributed by atoms with Gasteiger partial charge in [0.15, 0.2) is 0 Å². The summed E-state index contributed by atoms with van der Waals surface area (Å²) in [5.74, 6) is -0.395. The van der Waals surface area contributed by atoms with Crippen LogP contribution in [0.25, 0.3) is 0 Å². The molecule has 0 aliphatic carbocycles. The van der Waals surface area contributed by atoms with E-state index in [4.69, 9.17) is 4.84 Å². The summed E-state index contributed by atoms with van der Waals surface area (Å²) < 4.78 is 1.30. The lowest BCUT2D eigenvalue weighted by Crippen LogP contribution is -2.18. The molecule has 0 amide bonds. The Morgan fingerprint density at radius 2 is 2.07 bits per heavy atom. The lowest BCUT2D eigenvalue weighted by molar-refractivity contribution is 0.0460. The maximum Gasteiger partial charge on any atom is 0.363 e. The molecule has 2 rings (SSSR count). The van der Waals surface area contributed by atoms with Gasteiger partial charge in [-0.1, -0.05) is 18.2 Å². The number of rotatable bonds is 2. The first-order valence-electron chi connectivity index (χ1n) is 4.54. The van der Waals surface area contributed by atoms with Crippen LogP contribution in [0.2, 0.25) is 0 Å². The highest BCUT2D eigenvalue weighted by Crippen LogP contribution is 2.00. The number of carbonyl (C=O) groups excluding carboxylic acids is 1. The van der Waals surface area contributed by atoms with Crippen molar-refractivity contribution in [1.82, 2.24) is 9.71 Å². The fraction of sp³-hybridized carbons (Fsp3) is 0.0909. The molecule has 76 valence electrons. The Balaban J connectivity index is 2.11. The Bertz CT molecular complexity index is 462. The zero-order valence-corrected chi connectivity index (χ0v) is 8.25. The fourth-order valence-electron chi connectivity index (χ4n) is 1.17. The highest BCUT2D eigenvalue weighted by Gasteiger charge is 2.07. The maximum absolute atomic E-state index is 11.6. The lowest BCUT2D eigenvalue weighted by Gasteiger charge is -2.02. The molecule has 0 saturated carbocycles. The maximum atomic E-state index is 11.6. The van der Waals surface area contributed by atoms with Crippen LogP contribution < -0.4 is 4.84 Å². The molecule has 0 aliphatic heterocycles. The van der Waals surface area contributed by atoms with Crippen molar-refractivity contribution < 1.29 is 9.63 Å². The molecule has 0 atom stereocenters. The summed E-state index contributed by atoms with van der Waals surface area (Å²) in [6.07, 6.45) is 3.09. The molecule has 0 unspecified atom stereocenters. The zero-order chi connectivity index (χ0) is 10.7. The van der Waals surface area contributed by atoms with Crippen molar-refractivity contribution in [3.05, 3.63) is 54.1 Å². The summed E-state index contributed by atoms with van der Waals surface area (Å²) in [4.78, 5) is 20.5. The van der Waals surface area contributed by atoms with Gasteiger partial charge in [-0.3, -0.25) is 0 Å². The van der Waals surface area contributed by atoms with Crippen LogP contribution in [0.15, 0.2) is 42.9 Å². The van der Waals surface area contributed by atoms with Crippen LogP contribution in [0.1, 0.15) is 16.1 Å². The summed E-state index contributed by atoms with van der Waals surface area (Å²) in [7, 11) is 0. The second-order valence-electron chi connectivity index (χ2n) is 3.12. The van der Waals surface area contributed by atoms with Crippen molar-refractivity contribution in [1.29, 1.82) is 0 Å². The van der Waals surface area contributed by atoms with E-state index in [1.165, 1.54) is 11.1 Å². The number of nitrogens with zero attached hydrogens (tertiary/aromatic N) is 2. The van der Waals surface area contributed by atoms with Crippen LogP contribution in [0, 0.1) is 6.92 Å². The molecular weight excluding hydrogens is 192 g/mol. The van der Waals surface area contributed by atoms with Crippen molar-refractivity contribution in [3.8, 4) is 0 Å². The quantitative estimate of drug-likeness (QED) is 0.740. The van der Waals surface area contributed by atoms with Gasteiger partial charge >= 0.3 is 5.97 Å². The average Bonchev–Trinajstić information content (AvgIpc) is 2.65. The molecule has 0 fully saturated rings.